The highest BCUT2D eigenvalue weighted by atomic mass is 16.5. The summed E-state index contributed by atoms with van der Waals surface area (Å²) in [4.78, 5) is 26.6. The predicted molar refractivity (Wildman–Crippen MR) is 122 cm³/mol. The van der Waals surface area contributed by atoms with Crippen molar-refractivity contribution in [2.75, 3.05) is 26.7 Å². The molecule has 3 rings (SSSR count). The van der Waals surface area contributed by atoms with Crippen molar-refractivity contribution in [3.63, 3.8) is 0 Å². The topological polar surface area (TPSA) is 82.5 Å². The lowest BCUT2D eigenvalue weighted by atomic mass is 9.85. The van der Waals surface area contributed by atoms with Crippen LogP contribution >= 0.6 is 0 Å². The number of rotatable bonds is 6. The molecule has 1 fully saturated rings. The molecule has 1 saturated heterocycles. The molecule has 0 bridgehead atoms. The molecule has 6 heteroatoms. The number of allylic oxidation sites excluding steroid dienone is 1. The van der Waals surface area contributed by atoms with Crippen molar-refractivity contribution in [2.24, 2.45) is 0 Å². The van der Waals surface area contributed by atoms with E-state index in [0.29, 0.717) is 17.9 Å². The maximum absolute atomic E-state index is 12.9. The molecule has 1 aromatic rings. The Kier molecular flexibility index (Phi) is 7.88. The Bertz CT molecular complexity index is 875. The molecule has 0 saturated carbocycles. The first kappa shape index (κ1) is 23.0. The van der Waals surface area contributed by atoms with E-state index in [9.17, 15) is 9.59 Å². The van der Waals surface area contributed by atoms with E-state index < -0.39 is 5.97 Å². The predicted octanol–water partition coefficient (Wildman–Crippen LogP) is 4.01. The number of hydrogen-bond acceptors (Lipinski definition) is 5. The van der Waals surface area contributed by atoms with Gasteiger partial charge in [0.25, 0.3) is 0 Å². The lowest BCUT2D eigenvalue weighted by Gasteiger charge is -2.30. The summed E-state index contributed by atoms with van der Waals surface area (Å²) in [6, 6.07) is 6.55. The maximum atomic E-state index is 12.9. The molecule has 0 spiro atoms. The van der Waals surface area contributed by atoms with Gasteiger partial charge in [-0.1, -0.05) is 24.6 Å². The molecule has 168 valence electrons. The monoisotopic (exact) mass is 425 g/mol. The summed E-state index contributed by atoms with van der Waals surface area (Å²) in [5.74, 6) is -0.0399. The van der Waals surface area contributed by atoms with Crippen LogP contribution in [-0.4, -0.2) is 49.2 Å². The second-order valence-corrected chi connectivity index (χ2v) is 8.68. The molecule has 1 unspecified atom stereocenters. The van der Waals surface area contributed by atoms with Gasteiger partial charge in [-0.15, -0.1) is 0 Å². The molecule has 1 atom stereocenters. The van der Waals surface area contributed by atoms with Crippen molar-refractivity contribution in [3.05, 3.63) is 46.2 Å². The van der Waals surface area contributed by atoms with E-state index in [1.807, 2.05) is 4.90 Å². The Morgan fingerprint density at radius 1 is 1.13 bits per heavy atom. The minimum Gasteiger partial charge on any atom is -0.464 e. The van der Waals surface area contributed by atoms with E-state index in [2.05, 4.69) is 42.1 Å². The van der Waals surface area contributed by atoms with Crippen molar-refractivity contribution in [1.82, 2.24) is 10.2 Å². The summed E-state index contributed by atoms with van der Waals surface area (Å²) in [7, 11) is 1.29. The fourth-order valence-corrected chi connectivity index (χ4v) is 4.77. The molecule has 1 amide bonds. The van der Waals surface area contributed by atoms with Gasteiger partial charge in [0.2, 0.25) is 5.91 Å². The third kappa shape index (κ3) is 5.54. The first-order chi connectivity index (χ1) is 14.9. The fourth-order valence-electron chi connectivity index (χ4n) is 4.77. The zero-order chi connectivity index (χ0) is 22.4. The minimum absolute atomic E-state index is 0.0879. The smallest absolute Gasteiger partial charge is 0.356 e. The van der Waals surface area contributed by atoms with Crippen molar-refractivity contribution in [1.29, 1.82) is 5.41 Å². The van der Waals surface area contributed by atoms with E-state index in [-0.39, 0.29) is 18.2 Å². The summed E-state index contributed by atoms with van der Waals surface area (Å²) in [5.41, 5.74) is 5.55. The third-order valence-corrected chi connectivity index (χ3v) is 6.78. The van der Waals surface area contributed by atoms with Crippen molar-refractivity contribution in [3.8, 4) is 0 Å². The largest absolute Gasteiger partial charge is 0.464 e. The molecule has 1 heterocycles. The van der Waals surface area contributed by atoms with Gasteiger partial charge in [-0.25, -0.2) is 4.79 Å². The van der Waals surface area contributed by atoms with E-state index in [4.69, 9.17) is 5.41 Å². The fraction of sp³-hybridized carbons (Fsp3) is 0.560. The summed E-state index contributed by atoms with van der Waals surface area (Å²) in [6.45, 7) is 6.14. The summed E-state index contributed by atoms with van der Waals surface area (Å²) < 4.78 is 4.68. The number of ether oxygens (including phenoxy) is 1. The van der Waals surface area contributed by atoms with Crippen LogP contribution in [0, 0.1) is 19.3 Å². The number of esters is 1. The molecular weight excluding hydrogens is 390 g/mol. The van der Waals surface area contributed by atoms with E-state index >= 15 is 0 Å². The zero-order valence-corrected chi connectivity index (χ0v) is 19.1. The van der Waals surface area contributed by atoms with Crippen molar-refractivity contribution < 1.29 is 14.3 Å². The van der Waals surface area contributed by atoms with Crippen LogP contribution < -0.4 is 5.32 Å². The van der Waals surface area contributed by atoms with Gasteiger partial charge < -0.3 is 15.0 Å². The average molecular weight is 426 g/mol. The SMILES string of the molecule is COC(=O)C(=N)C1=C(NCC(=O)N2CCCCC(c3cccc(C)c3C)CC2)CCC1. The van der Waals surface area contributed by atoms with Crippen LogP contribution in [-0.2, 0) is 14.3 Å². The van der Waals surface area contributed by atoms with Crippen molar-refractivity contribution >= 4 is 17.6 Å². The van der Waals surface area contributed by atoms with Crippen LogP contribution in [0.2, 0.25) is 0 Å². The van der Waals surface area contributed by atoms with Crippen LogP contribution in [0.1, 0.15) is 67.6 Å². The number of nitrogens with one attached hydrogen (secondary N) is 2. The summed E-state index contributed by atoms with van der Waals surface area (Å²) >= 11 is 0. The molecule has 2 N–H and O–H groups in total. The molecule has 31 heavy (non-hydrogen) atoms. The van der Waals surface area contributed by atoms with Gasteiger partial charge in [0.05, 0.1) is 13.7 Å². The van der Waals surface area contributed by atoms with Crippen LogP contribution in [0.3, 0.4) is 0 Å². The number of amides is 1. The molecule has 6 nitrogen and oxygen atoms in total. The Hall–Kier alpha value is -2.63. The quantitative estimate of drug-likeness (QED) is 0.533. The second kappa shape index (κ2) is 10.6. The molecule has 1 aliphatic heterocycles. The normalized spacial score (nSPS) is 19.6. The Morgan fingerprint density at radius 3 is 2.71 bits per heavy atom. The molecule has 0 aromatic heterocycles. The summed E-state index contributed by atoms with van der Waals surface area (Å²) in [5, 5.41) is 11.2. The summed E-state index contributed by atoms with van der Waals surface area (Å²) in [6.07, 6.45) is 6.62. The van der Waals surface area contributed by atoms with Gasteiger partial charge in [-0.05, 0) is 75.0 Å². The van der Waals surface area contributed by atoms with Crippen LogP contribution in [0.4, 0.5) is 0 Å². The van der Waals surface area contributed by atoms with Gasteiger partial charge in [0.15, 0.2) is 0 Å². The molecule has 2 aliphatic rings. The molecule has 1 aromatic carbocycles. The molecular formula is C25H35N3O3. The van der Waals surface area contributed by atoms with Gasteiger partial charge in [-0.3, -0.25) is 10.2 Å². The van der Waals surface area contributed by atoms with E-state index in [0.717, 1.165) is 50.9 Å². The third-order valence-electron chi connectivity index (χ3n) is 6.78. The molecule has 0 radical (unpaired) electrons. The number of nitrogens with zero attached hydrogens (tertiary/aromatic N) is 1. The highest BCUT2D eigenvalue weighted by molar-refractivity contribution is 6.42. The number of methoxy groups -OCH3 is 1. The minimum atomic E-state index is -0.622. The first-order valence-corrected chi connectivity index (χ1v) is 11.4. The van der Waals surface area contributed by atoms with Crippen LogP contribution in [0.15, 0.2) is 29.5 Å². The first-order valence-electron chi connectivity index (χ1n) is 11.4. The van der Waals surface area contributed by atoms with Gasteiger partial charge in [0, 0.05) is 24.4 Å². The van der Waals surface area contributed by atoms with E-state index in [1.54, 1.807) is 0 Å². The lowest BCUT2D eigenvalue weighted by molar-refractivity contribution is -0.132. The Morgan fingerprint density at radius 2 is 1.94 bits per heavy atom. The Balaban J connectivity index is 1.61. The van der Waals surface area contributed by atoms with Crippen LogP contribution in [0.5, 0.6) is 0 Å². The van der Waals surface area contributed by atoms with Gasteiger partial charge in [-0.2, -0.15) is 0 Å². The highest BCUT2D eigenvalue weighted by Gasteiger charge is 2.25. The number of carbonyl (C=O) groups excluding carboxylic acids is 2. The van der Waals surface area contributed by atoms with Gasteiger partial charge >= 0.3 is 5.97 Å². The van der Waals surface area contributed by atoms with Crippen molar-refractivity contribution in [2.45, 2.75) is 64.7 Å². The highest BCUT2D eigenvalue weighted by Crippen LogP contribution is 2.31. The number of likely N-dealkylation sites (tertiary alicyclic amines) is 1. The van der Waals surface area contributed by atoms with Crippen LogP contribution in [0.25, 0.3) is 0 Å². The number of carbonyl (C=O) groups is 2. The number of aryl methyl sites for hydroxylation is 1. The maximum Gasteiger partial charge on any atom is 0.356 e. The molecule has 1 aliphatic carbocycles. The number of hydrogen-bond donors (Lipinski definition) is 2. The lowest BCUT2D eigenvalue weighted by Crippen LogP contribution is -2.40. The zero-order valence-electron chi connectivity index (χ0n) is 19.1. The standard InChI is InChI=1S/C25H35N3O3/c1-17-8-6-10-20(18(17)2)19-9-4-5-14-28(15-13-19)23(29)16-27-22-12-7-11-21(22)24(26)25(30)31-3/h6,8,10,19,26-27H,4-5,7,9,11-16H2,1-3H3. The van der Waals surface area contributed by atoms with E-state index in [1.165, 1.54) is 30.2 Å². The Labute approximate surface area is 185 Å². The second-order valence-electron chi connectivity index (χ2n) is 8.68. The van der Waals surface area contributed by atoms with Gasteiger partial charge in [0.1, 0.15) is 5.71 Å². The average Bonchev–Trinajstić information content (AvgIpc) is 3.22. The number of benzene rings is 1.